The maximum Gasteiger partial charge on any atom is 0.293 e. The van der Waals surface area contributed by atoms with E-state index in [4.69, 9.17) is 32.6 Å². The van der Waals surface area contributed by atoms with Crippen LogP contribution in [0.1, 0.15) is 11.8 Å². The molecule has 0 aliphatic rings. The van der Waals surface area contributed by atoms with E-state index < -0.39 is 6.04 Å². The molecule has 0 spiro atoms. The molecule has 1 rings (SSSR count). The van der Waals surface area contributed by atoms with Crippen molar-refractivity contribution >= 4 is 17.6 Å². The van der Waals surface area contributed by atoms with Gasteiger partial charge in [0.25, 0.3) is 6.01 Å². The molecule has 1 aromatic rings. The Balaban J connectivity index is 2.93. The summed E-state index contributed by atoms with van der Waals surface area (Å²) in [6, 6.07) is -0.707. The lowest BCUT2D eigenvalue weighted by molar-refractivity contribution is 0.253. The SMILES string of the molecule is Nc1nc(Cl)c(C(N)CO)o1. The molecule has 1 aromatic heterocycles. The molecular weight excluding hydrogens is 170 g/mol. The van der Waals surface area contributed by atoms with Crippen LogP contribution in [0.25, 0.3) is 0 Å². The highest BCUT2D eigenvalue weighted by Crippen LogP contribution is 2.22. The minimum absolute atomic E-state index is 0.0473. The van der Waals surface area contributed by atoms with Gasteiger partial charge in [-0.1, -0.05) is 11.6 Å². The zero-order valence-electron chi connectivity index (χ0n) is 5.62. The number of rotatable bonds is 2. The molecule has 0 fully saturated rings. The van der Waals surface area contributed by atoms with Crippen LogP contribution < -0.4 is 11.5 Å². The fourth-order valence-electron chi connectivity index (χ4n) is 0.641. The number of hydrogen-bond acceptors (Lipinski definition) is 5. The highest BCUT2D eigenvalue weighted by atomic mass is 35.5. The smallest absolute Gasteiger partial charge is 0.293 e. The average molecular weight is 178 g/mol. The van der Waals surface area contributed by atoms with Crippen molar-refractivity contribution < 1.29 is 9.52 Å². The number of anilines is 1. The minimum atomic E-state index is -0.660. The van der Waals surface area contributed by atoms with Crippen molar-refractivity contribution in [3.05, 3.63) is 10.9 Å². The quantitative estimate of drug-likeness (QED) is 0.586. The number of aliphatic hydroxyl groups is 1. The fraction of sp³-hybridized carbons (Fsp3) is 0.400. The van der Waals surface area contributed by atoms with Gasteiger partial charge in [-0.15, -0.1) is 0 Å². The molecule has 1 heterocycles. The lowest BCUT2D eigenvalue weighted by Gasteiger charge is -2.01. The zero-order valence-corrected chi connectivity index (χ0v) is 6.38. The summed E-state index contributed by atoms with van der Waals surface area (Å²) in [6.45, 7) is -0.256. The second kappa shape index (κ2) is 3.08. The maximum absolute atomic E-state index is 8.61. The van der Waals surface area contributed by atoms with Crippen molar-refractivity contribution in [3.63, 3.8) is 0 Å². The monoisotopic (exact) mass is 177 g/mol. The van der Waals surface area contributed by atoms with Crippen LogP contribution in [0.2, 0.25) is 5.15 Å². The number of halogens is 1. The van der Waals surface area contributed by atoms with Gasteiger partial charge in [-0.3, -0.25) is 0 Å². The second-order valence-electron chi connectivity index (χ2n) is 2.00. The van der Waals surface area contributed by atoms with Gasteiger partial charge in [0.15, 0.2) is 10.9 Å². The lowest BCUT2D eigenvalue weighted by atomic mass is 10.3. The molecule has 0 bridgehead atoms. The summed E-state index contributed by atoms with van der Waals surface area (Å²) in [7, 11) is 0. The third-order valence-electron chi connectivity index (χ3n) is 1.16. The fourth-order valence-corrected chi connectivity index (χ4v) is 0.903. The Hall–Kier alpha value is -0.780. The van der Waals surface area contributed by atoms with Gasteiger partial charge in [-0.2, -0.15) is 4.98 Å². The molecule has 0 saturated heterocycles. The normalized spacial score (nSPS) is 13.4. The summed E-state index contributed by atoms with van der Waals surface area (Å²) in [4.78, 5) is 3.57. The largest absolute Gasteiger partial charge is 0.425 e. The average Bonchev–Trinajstić information content (AvgIpc) is 2.28. The minimum Gasteiger partial charge on any atom is -0.425 e. The van der Waals surface area contributed by atoms with E-state index in [-0.39, 0.29) is 23.5 Å². The molecule has 1 unspecified atom stereocenters. The van der Waals surface area contributed by atoms with E-state index >= 15 is 0 Å². The van der Waals surface area contributed by atoms with Gasteiger partial charge in [-0.25, -0.2) is 0 Å². The molecule has 5 nitrogen and oxygen atoms in total. The van der Waals surface area contributed by atoms with E-state index in [2.05, 4.69) is 4.98 Å². The summed E-state index contributed by atoms with van der Waals surface area (Å²) in [5.74, 6) is 0.215. The molecule has 0 aromatic carbocycles. The first-order valence-corrected chi connectivity index (χ1v) is 3.31. The molecule has 5 N–H and O–H groups in total. The summed E-state index contributed by atoms with van der Waals surface area (Å²) < 4.78 is 4.82. The van der Waals surface area contributed by atoms with Crippen LogP contribution in [0.4, 0.5) is 6.01 Å². The number of aliphatic hydroxyl groups excluding tert-OH is 1. The van der Waals surface area contributed by atoms with Gasteiger partial charge in [0.2, 0.25) is 0 Å². The van der Waals surface area contributed by atoms with Crippen LogP contribution in [0.3, 0.4) is 0 Å². The molecule has 0 aliphatic heterocycles. The van der Waals surface area contributed by atoms with Gasteiger partial charge in [-0.05, 0) is 0 Å². The first-order chi connectivity index (χ1) is 5.15. The Morgan fingerprint density at radius 3 is 2.73 bits per heavy atom. The number of nitrogens with zero attached hydrogens (tertiary/aromatic N) is 1. The van der Waals surface area contributed by atoms with Crippen molar-refractivity contribution in [3.8, 4) is 0 Å². The van der Waals surface area contributed by atoms with Crippen molar-refractivity contribution in [1.82, 2.24) is 4.98 Å². The molecule has 0 saturated carbocycles. The summed E-state index contributed by atoms with van der Waals surface area (Å²) >= 11 is 5.54. The predicted octanol–water partition coefficient (Wildman–Crippen LogP) is -0.0977. The standard InChI is InChI=1S/C5H8ClN3O2/c6-4-3(2(7)1-10)11-5(8)9-4/h2,10H,1,7H2,(H2,8,9). The van der Waals surface area contributed by atoms with Gasteiger partial charge >= 0.3 is 0 Å². The molecule has 0 radical (unpaired) electrons. The van der Waals surface area contributed by atoms with Crippen LogP contribution >= 0.6 is 11.6 Å². The Morgan fingerprint density at radius 2 is 2.36 bits per heavy atom. The Bertz CT molecular complexity index is 250. The first-order valence-electron chi connectivity index (χ1n) is 2.93. The molecule has 62 valence electrons. The Kier molecular flexibility index (Phi) is 2.33. The van der Waals surface area contributed by atoms with Crippen LogP contribution in [-0.2, 0) is 0 Å². The van der Waals surface area contributed by atoms with Gasteiger partial charge < -0.3 is 21.0 Å². The van der Waals surface area contributed by atoms with Crippen LogP contribution in [0.15, 0.2) is 4.42 Å². The summed E-state index contributed by atoms with van der Waals surface area (Å²) in [5.41, 5.74) is 10.6. The molecule has 1 atom stereocenters. The van der Waals surface area contributed by atoms with E-state index in [9.17, 15) is 0 Å². The second-order valence-corrected chi connectivity index (χ2v) is 2.35. The summed E-state index contributed by atoms with van der Waals surface area (Å²) in [5, 5.41) is 8.71. The maximum atomic E-state index is 8.61. The predicted molar refractivity (Wildman–Crippen MR) is 39.9 cm³/mol. The Labute approximate surface area is 68.0 Å². The van der Waals surface area contributed by atoms with E-state index in [1.165, 1.54) is 0 Å². The number of aromatic nitrogens is 1. The van der Waals surface area contributed by atoms with Crippen molar-refractivity contribution in [2.75, 3.05) is 12.3 Å². The van der Waals surface area contributed by atoms with Gasteiger partial charge in [0, 0.05) is 0 Å². The van der Waals surface area contributed by atoms with Crippen LogP contribution in [-0.4, -0.2) is 16.7 Å². The van der Waals surface area contributed by atoms with Gasteiger partial charge in [0.1, 0.15) is 0 Å². The highest BCUT2D eigenvalue weighted by Gasteiger charge is 2.15. The zero-order chi connectivity index (χ0) is 8.43. The third kappa shape index (κ3) is 1.62. The van der Waals surface area contributed by atoms with Crippen LogP contribution in [0, 0.1) is 0 Å². The third-order valence-corrected chi connectivity index (χ3v) is 1.43. The van der Waals surface area contributed by atoms with Crippen molar-refractivity contribution in [2.24, 2.45) is 5.73 Å². The number of oxazole rings is 1. The van der Waals surface area contributed by atoms with E-state index in [0.717, 1.165) is 0 Å². The van der Waals surface area contributed by atoms with E-state index in [1.807, 2.05) is 0 Å². The first kappa shape index (κ1) is 8.32. The molecule has 11 heavy (non-hydrogen) atoms. The number of nitrogens with two attached hydrogens (primary N) is 2. The lowest BCUT2D eigenvalue weighted by Crippen LogP contribution is -2.13. The number of hydrogen-bond donors (Lipinski definition) is 3. The van der Waals surface area contributed by atoms with Crippen LogP contribution in [0.5, 0.6) is 0 Å². The van der Waals surface area contributed by atoms with Gasteiger partial charge in [0.05, 0.1) is 12.6 Å². The Morgan fingerprint density at radius 1 is 1.73 bits per heavy atom. The molecule has 0 aliphatic carbocycles. The van der Waals surface area contributed by atoms with Crippen molar-refractivity contribution in [2.45, 2.75) is 6.04 Å². The molecule has 6 heteroatoms. The topological polar surface area (TPSA) is 98.3 Å². The van der Waals surface area contributed by atoms with Crippen molar-refractivity contribution in [1.29, 1.82) is 0 Å². The molecule has 0 amide bonds. The molecular formula is C5H8ClN3O2. The summed E-state index contributed by atoms with van der Waals surface area (Å²) in [6.07, 6.45) is 0. The number of nitrogen functional groups attached to an aromatic ring is 1. The van der Waals surface area contributed by atoms with E-state index in [1.54, 1.807) is 0 Å². The van der Waals surface area contributed by atoms with E-state index in [0.29, 0.717) is 0 Å². The highest BCUT2D eigenvalue weighted by molar-refractivity contribution is 6.30.